The molecule has 1 rings (SSSR count). The Morgan fingerprint density at radius 3 is 2.23 bits per heavy atom. The molecule has 0 radical (unpaired) electrons. The Bertz CT molecular complexity index is 177. The van der Waals surface area contributed by atoms with Crippen LogP contribution >= 0.6 is 0 Å². The van der Waals surface area contributed by atoms with Gasteiger partial charge in [-0.3, -0.25) is 0 Å². The highest BCUT2D eigenvalue weighted by Gasteiger charge is 2.42. The van der Waals surface area contributed by atoms with E-state index >= 15 is 0 Å². The Balaban J connectivity index is 2.63. The molecule has 0 aromatic carbocycles. The maximum atomic E-state index is 9.44. The predicted molar refractivity (Wildman–Crippen MR) is 55.7 cm³/mol. The molecule has 0 heterocycles. The van der Waals surface area contributed by atoms with E-state index in [2.05, 4.69) is 33.0 Å². The first-order valence-electron chi connectivity index (χ1n) is 5.28. The van der Waals surface area contributed by atoms with Crippen LogP contribution in [0, 0.1) is 5.41 Å². The van der Waals surface area contributed by atoms with Crippen LogP contribution in [0.5, 0.6) is 0 Å². The Morgan fingerprint density at radius 2 is 1.92 bits per heavy atom. The zero-order valence-corrected chi connectivity index (χ0v) is 9.35. The zero-order valence-electron chi connectivity index (χ0n) is 9.35. The van der Waals surface area contributed by atoms with E-state index in [-0.39, 0.29) is 12.1 Å². The first-order chi connectivity index (χ1) is 5.89. The van der Waals surface area contributed by atoms with Gasteiger partial charge < -0.3 is 10.4 Å². The van der Waals surface area contributed by atoms with E-state index in [1.807, 2.05) is 0 Å². The van der Waals surface area contributed by atoms with E-state index in [0.717, 1.165) is 12.8 Å². The van der Waals surface area contributed by atoms with E-state index in [9.17, 15) is 5.11 Å². The number of rotatable bonds is 3. The lowest BCUT2D eigenvalue weighted by molar-refractivity contribution is 0.144. The third-order valence-electron chi connectivity index (χ3n) is 2.99. The van der Waals surface area contributed by atoms with Gasteiger partial charge in [0.15, 0.2) is 0 Å². The summed E-state index contributed by atoms with van der Waals surface area (Å²) in [5.74, 6) is 0. The average Bonchev–Trinajstić information content (AvgIpc) is 2.26. The lowest BCUT2D eigenvalue weighted by Gasteiger charge is -2.32. The molecule has 1 aliphatic carbocycles. The molecule has 2 nitrogen and oxygen atoms in total. The van der Waals surface area contributed by atoms with Crippen molar-refractivity contribution in [2.45, 2.75) is 58.5 Å². The molecule has 1 saturated carbocycles. The monoisotopic (exact) mass is 185 g/mol. The summed E-state index contributed by atoms with van der Waals surface area (Å²) >= 11 is 0. The summed E-state index contributed by atoms with van der Waals surface area (Å²) in [5.41, 5.74) is 0.391. The fourth-order valence-corrected chi connectivity index (χ4v) is 2.59. The molecule has 0 aliphatic heterocycles. The maximum Gasteiger partial charge on any atom is 0.0613 e. The van der Waals surface area contributed by atoms with Crippen LogP contribution in [0.2, 0.25) is 0 Å². The van der Waals surface area contributed by atoms with Crippen LogP contribution in [0.4, 0.5) is 0 Å². The smallest absolute Gasteiger partial charge is 0.0613 e. The van der Waals surface area contributed by atoms with E-state index < -0.39 is 0 Å². The fraction of sp³-hybridized carbons (Fsp3) is 1.00. The third-order valence-corrected chi connectivity index (χ3v) is 2.99. The third kappa shape index (κ3) is 2.68. The molecule has 0 amide bonds. The summed E-state index contributed by atoms with van der Waals surface area (Å²) in [4.78, 5) is 0. The number of aliphatic hydroxyl groups excluding tert-OH is 1. The topological polar surface area (TPSA) is 32.3 Å². The fourth-order valence-electron chi connectivity index (χ4n) is 2.59. The largest absolute Gasteiger partial charge is 0.394 e. The van der Waals surface area contributed by atoms with Crippen molar-refractivity contribution in [1.82, 2.24) is 5.32 Å². The Morgan fingerprint density at radius 1 is 1.31 bits per heavy atom. The SMILES string of the molecule is CC(C)NC1(CO)CCC(C)(C)C1. The first-order valence-corrected chi connectivity index (χ1v) is 5.28. The number of hydrogen-bond acceptors (Lipinski definition) is 2. The van der Waals surface area contributed by atoms with E-state index in [4.69, 9.17) is 0 Å². The van der Waals surface area contributed by atoms with Crippen LogP contribution in [0.25, 0.3) is 0 Å². The second-order valence-electron chi connectivity index (χ2n) is 5.58. The van der Waals surface area contributed by atoms with E-state index in [0.29, 0.717) is 11.5 Å². The Hall–Kier alpha value is -0.0800. The summed E-state index contributed by atoms with van der Waals surface area (Å²) in [6.07, 6.45) is 3.41. The highest BCUT2D eigenvalue weighted by Crippen LogP contribution is 2.43. The van der Waals surface area contributed by atoms with Crippen LogP contribution in [-0.2, 0) is 0 Å². The molecule has 0 aromatic rings. The van der Waals surface area contributed by atoms with Crippen molar-refractivity contribution < 1.29 is 5.11 Å². The summed E-state index contributed by atoms with van der Waals surface area (Å²) in [6, 6.07) is 0.459. The van der Waals surface area contributed by atoms with Crippen LogP contribution in [-0.4, -0.2) is 23.3 Å². The van der Waals surface area contributed by atoms with Gasteiger partial charge in [0.05, 0.1) is 6.61 Å². The molecule has 0 bridgehead atoms. The normalized spacial score (nSPS) is 32.8. The van der Waals surface area contributed by atoms with Gasteiger partial charge in [-0.1, -0.05) is 27.7 Å². The summed E-state index contributed by atoms with van der Waals surface area (Å²) in [6.45, 7) is 9.12. The summed E-state index contributed by atoms with van der Waals surface area (Å²) in [7, 11) is 0. The molecule has 13 heavy (non-hydrogen) atoms. The molecule has 1 fully saturated rings. The summed E-state index contributed by atoms with van der Waals surface area (Å²) in [5, 5.41) is 12.9. The van der Waals surface area contributed by atoms with Crippen molar-refractivity contribution in [1.29, 1.82) is 0 Å². The molecule has 1 aliphatic rings. The van der Waals surface area contributed by atoms with Gasteiger partial charge in [0.2, 0.25) is 0 Å². The number of hydrogen-bond donors (Lipinski definition) is 2. The molecular weight excluding hydrogens is 162 g/mol. The second-order valence-corrected chi connectivity index (χ2v) is 5.58. The molecule has 1 atom stereocenters. The van der Waals surface area contributed by atoms with Gasteiger partial charge in [-0.15, -0.1) is 0 Å². The molecule has 78 valence electrons. The van der Waals surface area contributed by atoms with Gasteiger partial charge in [0, 0.05) is 11.6 Å². The van der Waals surface area contributed by atoms with Crippen molar-refractivity contribution in [3.63, 3.8) is 0 Å². The van der Waals surface area contributed by atoms with Crippen molar-refractivity contribution in [3.8, 4) is 0 Å². The minimum atomic E-state index is -0.00231. The van der Waals surface area contributed by atoms with Gasteiger partial charge in [-0.05, 0) is 24.7 Å². The quantitative estimate of drug-likeness (QED) is 0.704. The van der Waals surface area contributed by atoms with Crippen LogP contribution in [0.15, 0.2) is 0 Å². The van der Waals surface area contributed by atoms with E-state index in [1.54, 1.807) is 0 Å². The number of aliphatic hydroxyl groups is 1. The molecular formula is C11H23NO. The average molecular weight is 185 g/mol. The Kier molecular flexibility index (Phi) is 3.03. The van der Waals surface area contributed by atoms with Gasteiger partial charge in [-0.2, -0.15) is 0 Å². The predicted octanol–water partition coefficient (Wildman–Crippen LogP) is 1.93. The van der Waals surface area contributed by atoms with Gasteiger partial charge >= 0.3 is 0 Å². The molecule has 0 aromatic heterocycles. The van der Waals surface area contributed by atoms with Crippen LogP contribution in [0.1, 0.15) is 47.0 Å². The molecule has 0 saturated heterocycles. The van der Waals surface area contributed by atoms with Crippen molar-refractivity contribution in [3.05, 3.63) is 0 Å². The lowest BCUT2D eigenvalue weighted by Crippen LogP contribution is -2.50. The maximum absolute atomic E-state index is 9.44. The van der Waals surface area contributed by atoms with Crippen LogP contribution < -0.4 is 5.32 Å². The highest BCUT2D eigenvalue weighted by molar-refractivity contribution is 5.00. The minimum absolute atomic E-state index is 0.00231. The molecule has 0 spiro atoms. The zero-order chi connectivity index (χ0) is 10.1. The molecule has 2 N–H and O–H groups in total. The lowest BCUT2D eigenvalue weighted by atomic mass is 9.88. The van der Waals surface area contributed by atoms with Gasteiger partial charge in [0.1, 0.15) is 0 Å². The first kappa shape index (κ1) is 11.0. The van der Waals surface area contributed by atoms with Gasteiger partial charge in [-0.25, -0.2) is 0 Å². The molecule has 2 heteroatoms. The summed E-state index contributed by atoms with van der Waals surface area (Å²) < 4.78 is 0. The second kappa shape index (κ2) is 3.58. The number of nitrogens with one attached hydrogen (secondary N) is 1. The van der Waals surface area contributed by atoms with E-state index in [1.165, 1.54) is 6.42 Å². The van der Waals surface area contributed by atoms with Crippen LogP contribution in [0.3, 0.4) is 0 Å². The minimum Gasteiger partial charge on any atom is -0.394 e. The highest BCUT2D eigenvalue weighted by atomic mass is 16.3. The molecule has 1 unspecified atom stereocenters. The Labute approximate surface area is 81.7 Å². The standard InChI is InChI=1S/C11H23NO/c1-9(2)12-11(8-13)6-5-10(3,4)7-11/h9,12-13H,5-8H2,1-4H3. The van der Waals surface area contributed by atoms with Crippen molar-refractivity contribution in [2.24, 2.45) is 5.41 Å². The van der Waals surface area contributed by atoms with Crippen molar-refractivity contribution >= 4 is 0 Å². The van der Waals surface area contributed by atoms with Gasteiger partial charge in [0.25, 0.3) is 0 Å². The van der Waals surface area contributed by atoms with Crippen molar-refractivity contribution in [2.75, 3.05) is 6.61 Å².